The highest BCUT2D eigenvalue weighted by atomic mass is 31.2. The first-order valence-corrected chi connectivity index (χ1v) is 50.2. The Bertz CT molecular complexity index is 2080. The third-order valence-corrected chi connectivity index (χ3v) is 23.8. The van der Waals surface area contributed by atoms with E-state index >= 15 is 0 Å². The number of hydrogen-bond donors (Lipinski definition) is 3. The van der Waals surface area contributed by atoms with Crippen molar-refractivity contribution in [3.63, 3.8) is 0 Å². The van der Waals surface area contributed by atoms with Crippen LogP contribution in [-0.2, 0) is 65.4 Å². The van der Waals surface area contributed by atoms with E-state index in [0.717, 1.165) is 95.8 Å². The van der Waals surface area contributed by atoms with Crippen LogP contribution in [0.15, 0.2) is 0 Å². The number of aliphatic hydroxyl groups is 1. The van der Waals surface area contributed by atoms with Gasteiger partial charge in [-0.1, -0.05) is 446 Å². The Morgan fingerprint density at radius 3 is 0.645 bits per heavy atom. The van der Waals surface area contributed by atoms with Gasteiger partial charge < -0.3 is 33.8 Å². The molecule has 6 atom stereocenters. The van der Waals surface area contributed by atoms with E-state index < -0.39 is 97.5 Å². The molecule has 3 unspecified atom stereocenters. The van der Waals surface area contributed by atoms with Crippen molar-refractivity contribution < 1.29 is 80.2 Å². The molecule has 0 aliphatic heterocycles. The highest BCUT2D eigenvalue weighted by molar-refractivity contribution is 7.47. The molecule has 0 aromatic rings. The van der Waals surface area contributed by atoms with Crippen LogP contribution in [0.2, 0.25) is 0 Å². The summed E-state index contributed by atoms with van der Waals surface area (Å²) in [5, 5.41) is 10.7. The molecule has 0 fully saturated rings. The van der Waals surface area contributed by atoms with Gasteiger partial charge in [-0.3, -0.25) is 37.3 Å². The molecule has 0 heterocycles. The van der Waals surface area contributed by atoms with E-state index in [1.54, 1.807) is 0 Å². The minimum absolute atomic E-state index is 0.109. The standard InChI is InChI=1S/C91H178O17P2/c1-6-10-13-16-19-22-24-26-28-30-32-33-34-35-40-43-47-51-55-60-65-70-75-89(94)102-81-87(108-91(96)77-72-67-62-57-53-49-45-41-37-36-38-42-46-50-54-58-63-68-73-84(5)9-4)83-106-110(99,100)104-79-85(92)78-103-109(97,98)105-82-86(80-101-88(93)74-69-64-59-21-18-15-12-8-3)107-90(95)76-71-66-61-56-52-48-44-39-31-29-27-25-23-20-17-14-11-7-2/h84-87,92H,6-83H2,1-5H3,(H,97,98)(H,99,100)/t84?,85-,86+,87+/m0/s1. The maximum atomic E-state index is 13.2. The lowest BCUT2D eigenvalue weighted by molar-refractivity contribution is -0.161. The van der Waals surface area contributed by atoms with Crippen LogP contribution in [-0.4, -0.2) is 96.7 Å². The Morgan fingerprint density at radius 1 is 0.255 bits per heavy atom. The number of aliphatic hydroxyl groups excluding tert-OH is 1. The number of hydrogen-bond acceptors (Lipinski definition) is 15. The van der Waals surface area contributed by atoms with Crippen molar-refractivity contribution >= 4 is 39.5 Å². The minimum atomic E-state index is -4.97. The predicted molar refractivity (Wildman–Crippen MR) is 455 cm³/mol. The summed E-state index contributed by atoms with van der Waals surface area (Å²) in [6.07, 6.45) is 79.4. The van der Waals surface area contributed by atoms with Crippen LogP contribution in [0.5, 0.6) is 0 Å². The van der Waals surface area contributed by atoms with E-state index in [1.807, 2.05) is 0 Å². The van der Waals surface area contributed by atoms with Gasteiger partial charge in [0, 0.05) is 25.7 Å². The number of carbonyl (C=O) groups excluding carboxylic acids is 4. The lowest BCUT2D eigenvalue weighted by Gasteiger charge is -2.21. The molecular weight excluding hydrogens is 1430 g/mol. The molecule has 3 N–H and O–H groups in total. The molecule has 0 rings (SSSR count). The van der Waals surface area contributed by atoms with E-state index in [0.29, 0.717) is 25.7 Å². The summed E-state index contributed by atoms with van der Waals surface area (Å²) in [6.45, 7) is 7.43. The number of unbranched alkanes of at least 4 members (excludes halogenated alkanes) is 62. The number of phosphoric acid groups is 2. The highest BCUT2D eigenvalue weighted by Crippen LogP contribution is 2.45. The Morgan fingerprint density at radius 2 is 0.436 bits per heavy atom. The molecule has 17 nitrogen and oxygen atoms in total. The molecular formula is C91H178O17P2. The summed E-state index contributed by atoms with van der Waals surface area (Å²) in [7, 11) is -9.93. The lowest BCUT2D eigenvalue weighted by Crippen LogP contribution is -2.30. The van der Waals surface area contributed by atoms with Crippen molar-refractivity contribution in [2.45, 2.75) is 515 Å². The summed E-state index contributed by atoms with van der Waals surface area (Å²) < 4.78 is 69.0. The molecule has 0 aromatic heterocycles. The fraction of sp³-hybridized carbons (Fsp3) is 0.956. The number of rotatable bonds is 91. The summed E-state index contributed by atoms with van der Waals surface area (Å²) in [5.41, 5.74) is 0. The molecule has 0 saturated heterocycles. The quantitative estimate of drug-likeness (QED) is 0.0222. The first-order chi connectivity index (χ1) is 53.6. The molecule has 0 bridgehead atoms. The van der Waals surface area contributed by atoms with Crippen LogP contribution in [0, 0.1) is 5.92 Å². The Kier molecular flexibility index (Phi) is 82.1. The fourth-order valence-electron chi connectivity index (χ4n) is 14.3. The van der Waals surface area contributed by atoms with Gasteiger partial charge in [-0.15, -0.1) is 0 Å². The van der Waals surface area contributed by atoms with Crippen molar-refractivity contribution in [3.8, 4) is 0 Å². The van der Waals surface area contributed by atoms with E-state index in [9.17, 15) is 43.2 Å². The molecule has 0 radical (unpaired) electrons. The van der Waals surface area contributed by atoms with Gasteiger partial charge in [0.1, 0.15) is 19.3 Å². The van der Waals surface area contributed by atoms with Gasteiger partial charge in [0.2, 0.25) is 0 Å². The van der Waals surface area contributed by atoms with E-state index in [2.05, 4.69) is 34.6 Å². The second kappa shape index (κ2) is 83.5. The molecule has 0 spiro atoms. The number of ether oxygens (including phenoxy) is 4. The van der Waals surface area contributed by atoms with Crippen molar-refractivity contribution in [2.75, 3.05) is 39.6 Å². The van der Waals surface area contributed by atoms with Crippen LogP contribution in [0.4, 0.5) is 0 Å². The van der Waals surface area contributed by atoms with Crippen molar-refractivity contribution in [2.24, 2.45) is 5.92 Å². The van der Waals surface area contributed by atoms with Gasteiger partial charge in [-0.25, -0.2) is 9.13 Å². The second-order valence-corrected chi connectivity index (χ2v) is 35.8. The molecule has 0 aliphatic rings. The average molecular weight is 1610 g/mol. The van der Waals surface area contributed by atoms with Gasteiger partial charge in [0.25, 0.3) is 0 Å². The maximum absolute atomic E-state index is 13.2. The summed E-state index contributed by atoms with van der Waals surface area (Å²) >= 11 is 0. The van der Waals surface area contributed by atoms with Crippen LogP contribution < -0.4 is 0 Å². The molecule has 0 aliphatic carbocycles. The average Bonchev–Trinajstić information content (AvgIpc) is 0.901. The second-order valence-electron chi connectivity index (χ2n) is 32.9. The van der Waals surface area contributed by atoms with E-state index in [4.69, 9.17) is 37.0 Å². The third-order valence-electron chi connectivity index (χ3n) is 21.9. The molecule has 0 aromatic carbocycles. The molecule has 0 amide bonds. The minimum Gasteiger partial charge on any atom is -0.462 e. The maximum Gasteiger partial charge on any atom is 0.472 e. The topological polar surface area (TPSA) is 237 Å². The van der Waals surface area contributed by atoms with Gasteiger partial charge in [-0.05, 0) is 31.6 Å². The summed E-state index contributed by atoms with van der Waals surface area (Å²) in [4.78, 5) is 73.3. The molecule has 110 heavy (non-hydrogen) atoms. The fourth-order valence-corrected chi connectivity index (χ4v) is 15.9. The number of carbonyl (C=O) groups is 4. The number of esters is 4. The Hall–Kier alpha value is -1.94. The smallest absolute Gasteiger partial charge is 0.462 e. The normalized spacial score (nSPS) is 13.9. The van der Waals surface area contributed by atoms with Crippen molar-refractivity contribution in [1.82, 2.24) is 0 Å². The third kappa shape index (κ3) is 82.6. The largest absolute Gasteiger partial charge is 0.472 e. The zero-order chi connectivity index (χ0) is 80.4. The van der Waals surface area contributed by atoms with Crippen LogP contribution in [0.3, 0.4) is 0 Å². The summed E-state index contributed by atoms with van der Waals surface area (Å²) in [6, 6.07) is 0. The summed E-state index contributed by atoms with van der Waals surface area (Å²) in [5.74, 6) is -1.23. The SMILES string of the molecule is CCCCCCCCCCCCCCCCCCCCCCCCC(=O)OC[C@H](COP(=O)(O)OC[C@@H](O)COP(=O)(O)OC[C@@H](COC(=O)CCCCCCCCCC)OC(=O)CCCCCCCCCCCCCCCCCCCC)OC(=O)CCCCCCCCCCCCCCCCCCCCC(C)CC. The van der Waals surface area contributed by atoms with Gasteiger partial charge in [0.15, 0.2) is 12.2 Å². The van der Waals surface area contributed by atoms with Crippen molar-refractivity contribution in [1.29, 1.82) is 0 Å². The number of phosphoric ester groups is 2. The zero-order valence-corrected chi connectivity index (χ0v) is 74.2. The highest BCUT2D eigenvalue weighted by Gasteiger charge is 2.31. The predicted octanol–water partition coefficient (Wildman–Crippen LogP) is 28.3. The zero-order valence-electron chi connectivity index (χ0n) is 72.4. The van der Waals surface area contributed by atoms with Crippen LogP contribution in [0.1, 0.15) is 497 Å². The van der Waals surface area contributed by atoms with Gasteiger partial charge in [-0.2, -0.15) is 0 Å². The van der Waals surface area contributed by atoms with Crippen molar-refractivity contribution in [3.05, 3.63) is 0 Å². The van der Waals surface area contributed by atoms with Gasteiger partial charge >= 0.3 is 39.5 Å². The first kappa shape index (κ1) is 108. The van der Waals surface area contributed by atoms with E-state index in [1.165, 1.54) is 321 Å². The molecule has 654 valence electrons. The van der Waals surface area contributed by atoms with Gasteiger partial charge in [0.05, 0.1) is 26.4 Å². The molecule has 19 heteroatoms. The Labute approximate surface area is 677 Å². The van der Waals surface area contributed by atoms with Crippen LogP contribution in [0.25, 0.3) is 0 Å². The Balaban J connectivity index is 5.16. The van der Waals surface area contributed by atoms with Crippen LogP contribution >= 0.6 is 15.6 Å². The monoisotopic (exact) mass is 1610 g/mol. The lowest BCUT2D eigenvalue weighted by atomic mass is 9.99. The van der Waals surface area contributed by atoms with E-state index in [-0.39, 0.29) is 25.7 Å². The first-order valence-electron chi connectivity index (χ1n) is 47.2. The molecule has 0 saturated carbocycles.